The molecular weight excluding hydrogens is 448 g/mol. The molecule has 0 spiro atoms. The Morgan fingerprint density at radius 3 is 2.73 bits per heavy atom. The van der Waals surface area contributed by atoms with Crippen LogP contribution in [-0.2, 0) is 19.4 Å². The van der Waals surface area contributed by atoms with Gasteiger partial charge in [0.1, 0.15) is 5.75 Å². The first-order chi connectivity index (χ1) is 14.1. The predicted molar refractivity (Wildman–Crippen MR) is 118 cm³/mol. The average molecular weight is 469 g/mol. The van der Waals surface area contributed by atoms with E-state index in [9.17, 15) is 18.0 Å². The van der Waals surface area contributed by atoms with E-state index in [1.165, 1.54) is 44.0 Å². The molecule has 2 aromatic carbocycles. The number of fused-ring (bicyclic) bond motifs is 1. The van der Waals surface area contributed by atoms with Gasteiger partial charge in [-0.05, 0) is 50.2 Å². The summed E-state index contributed by atoms with van der Waals surface area (Å²) in [4.78, 5) is 25.2. The lowest BCUT2D eigenvalue weighted by molar-refractivity contribution is -0.116. The number of hydrogen-bond donors (Lipinski definition) is 2. The van der Waals surface area contributed by atoms with Crippen LogP contribution in [0, 0.1) is 0 Å². The lowest BCUT2D eigenvalue weighted by Gasteiger charge is -2.22. The second-order valence-corrected chi connectivity index (χ2v) is 11.0. The Labute approximate surface area is 184 Å². The number of ether oxygens (including phenoxy) is 1. The minimum atomic E-state index is -3.79. The van der Waals surface area contributed by atoms with Gasteiger partial charge in [-0.1, -0.05) is 11.6 Å². The molecule has 0 unspecified atom stereocenters. The Hall–Kier alpha value is -2.23. The highest BCUT2D eigenvalue weighted by molar-refractivity contribution is 8.01. The number of amides is 2. The summed E-state index contributed by atoms with van der Waals surface area (Å²) in [7, 11) is -2.34. The number of nitrogens with one attached hydrogen (secondary N) is 2. The number of thioether (sulfide) groups is 1. The van der Waals surface area contributed by atoms with E-state index in [2.05, 4.69) is 10.6 Å². The van der Waals surface area contributed by atoms with Crippen LogP contribution < -0.4 is 15.4 Å². The van der Waals surface area contributed by atoms with Gasteiger partial charge < -0.3 is 15.4 Å². The van der Waals surface area contributed by atoms with E-state index < -0.39 is 21.0 Å². The van der Waals surface area contributed by atoms with E-state index in [0.29, 0.717) is 22.1 Å². The van der Waals surface area contributed by atoms with Crippen LogP contribution in [0.25, 0.3) is 0 Å². The zero-order valence-corrected chi connectivity index (χ0v) is 19.0. The molecule has 1 heterocycles. The molecule has 2 atom stereocenters. The number of hydrogen-bond acceptors (Lipinski definition) is 6. The summed E-state index contributed by atoms with van der Waals surface area (Å²) in [6, 6.07) is 9.37. The van der Waals surface area contributed by atoms with Crippen molar-refractivity contribution in [1.29, 1.82) is 0 Å². The largest absolute Gasteiger partial charge is 0.495 e. The van der Waals surface area contributed by atoms with Crippen molar-refractivity contribution in [3.05, 3.63) is 41.4 Å². The Morgan fingerprint density at radius 2 is 2.03 bits per heavy atom. The van der Waals surface area contributed by atoms with Crippen molar-refractivity contribution >= 4 is 56.4 Å². The van der Waals surface area contributed by atoms with Crippen molar-refractivity contribution in [2.24, 2.45) is 0 Å². The summed E-state index contributed by atoms with van der Waals surface area (Å²) >= 11 is 7.33. The van der Waals surface area contributed by atoms with Gasteiger partial charge in [-0.25, -0.2) is 8.42 Å². The summed E-state index contributed by atoms with van der Waals surface area (Å²) < 4.78 is 31.2. The van der Waals surface area contributed by atoms with Crippen molar-refractivity contribution in [1.82, 2.24) is 0 Å². The molecule has 0 saturated carbocycles. The molecule has 0 bridgehead atoms. The molecule has 7 nitrogen and oxygen atoms in total. The van der Waals surface area contributed by atoms with Crippen molar-refractivity contribution in [3.8, 4) is 5.75 Å². The normalized spacial score (nSPS) is 16.9. The van der Waals surface area contributed by atoms with Gasteiger partial charge in [-0.2, -0.15) is 0 Å². The van der Waals surface area contributed by atoms with E-state index in [1.807, 2.05) is 0 Å². The van der Waals surface area contributed by atoms with Crippen LogP contribution in [0.3, 0.4) is 0 Å². The number of benzene rings is 2. The number of carbonyl (C=O) groups excluding carboxylic acids is 2. The zero-order valence-electron chi connectivity index (χ0n) is 16.6. The third-order valence-electron chi connectivity index (χ3n) is 4.65. The third-order valence-corrected chi connectivity index (χ3v) is 8.20. The molecule has 2 aromatic rings. The molecular formula is C20H21ClN2O5S2. The smallest absolute Gasteiger partial charge is 0.237 e. The zero-order chi connectivity index (χ0) is 22.1. The molecule has 2 amide bonds. The summed E-state index contributed by atoms with van der Waals surface area (Å²) in [6.45, 7) is 3.25. The SMILES string of the molecule is COc1ccc(Cl)cc1NC(=O)C[C@H](C)S(=O)(=O)c1ccc2c(c1)NC(=O)[C@H](C)S2. The third kappa shape index (κ3) is 4.74. The Morgan fingerprint density at radius 1 is 1.30 bits per heavy atom. The van der Waals surface area contributed by atoms with Crippen LogP contribution in [0.15, 0.2) is 46.2 Å². The molecule has 0 aliphatic carbocycles. The maximum Gasteiger partial charge on any atom is 0.237 e. The van der Waals surface area contributed by atoms with Gasteiger partial charge in [0.15, 0.2) is 9.84 Å². The molecule has 0 fully saturated rings. The lowest BCUT2D eigenvalue weighted by Crippen LogP contribution is -2.27. The van der Waals surface area contributed by atoms with Gasteiger partial charge in [-0.3, -0.25) is 9.59 Å². The first-order valence-electron chi connectivity index (χ1n) is 9.10. The molecule has 160 valence electrons. The Balaban J connectivity index is 1.76. The summed E-state index contributed by atoms with van der Waals surface area (Å²) in [5, 5.41) is 4.55. The minimum Gasteiger partial charge on any atom is -0.495 e. The quantitative estimate of drug-likeness (QED) is 0.665. The predicted octanol–water partition coefficient (Wildman–Crippen LogP) is 3.97. The first-order valence-corrected chi connectivity index (χ1v) is 11.9. The van der Waals surface area contributed by atoms with Gasteiger partial charge in [-0.15, -0.1) is 11.8 Å². The van der Waals surface area contributed by atoms with E-state index >= 15 is 0 Å². The topological polar surface area (TPSA) is 102 Å². The summed E-state index contributed by atoms with van der Waals surface area (Å²) in [6.07, 6.45) is -0.257. The molecule has 1 aliphatic heterocycles. The lowest BCUT2D eigenvalue weighted by atomic mass is 10.2. The Kier molecular flexibility index (Phi) is 6.64. The van der Waals surface area contributed by atoms with Gasteiger partial charge in [0.05, 0.1) is 33.9 Å². The van der Waals surface area contributed by atoms with Crippen LogP contribution in [0.1, 0.15) is 20.3 Å². The first kappa shape index (κ1) is 22.5. The molecule has 0 radical (unpaired) electrons. The number of rotatable bonds is 6. The number of sulfone groups is 1. The number of halogens is 1. The Bertz CT molecular complexity index is 1100. The summed E-state index contributed by atoms with van der Waals surface area (Å²) in [5.41, 5.74) is 0.826. The van der Waals surface area contributed by atoms with Gasteiger partial charge >= 0.3 is 0 Å². The second-order valence-electron chi connectivity index (χ2n) is 6.86. The van der Waals surface area contributed by atoms with Crippen molar-refractivity contribution in [2.75, 3.05) is 17.7 Å². The molecule has 10 heteroatoms. The standard InChI is InChI=1S/C20H21ClN2O5S2/c1-11(8-19(24)22-15-9-13(21)4-6-17(15)28-3)30(26,27)14-5-7-18-16(10-14)23-20(25)12(2)29-18/h4-7,9-12H,8H2,1-3H3,(H,22,24)(H,23,25)/t11-,12-/m0/s1. The van der Waals surface area contributed by atoms with Gasteiger partial charge in [0, 0.05) is 16.3 Å². The summed E-state index contributed by atoms with van der Waals surface area (Å²) in [5.74, 6) is -0.243. The van der Waals surface area contributed by atoms with Crippen molar-refractivity contribution in [3.63, 3.8) is 0 Å². The van der Waals surface area contributed by atoms with Crippen LogP contribution in [0.5, 0.6) is 5.75 Å². The fourth-order valence-electron chi connectivity index (χ4n) is 2.95. The van der Waals surface area contributed by atoms with E-state index in [0.717, 1.165) is 4.90 Å². The van der Waals surface area contributed by atoms with Crippen LogP contribution in [0.4, 0.5) is 11.4 Å². The fraction of sp³-hybridized carbons (Fsp3) is 0.300. The highest BCUT2D eigenvalue weighted by atomic mass is 35.5. The number of carbonyl (C=O) groups is 2. The minimum absolute atomic E-state index is 0.0531. The highest BCUT2D eigenvalue weighted by Crippen LogP contribution is 2.37. The monoisotopic (exact) mass is 468 g/mol. The highest BCUT2D eigenvalue weighted by Gasteiger charge is 2.29. The van der Waals surface area contributed by atoms with E-state index in [4.69, 9.17) is 16.3 Å². The number of anilines is 2. The molecule has 0 aromatic heterocycles. The molecule has 0 saturated heterocycles. The number of methoxy groups -OCH3 is 1. The van der Waals surface area contributed by atoms with E-state index in [-0.39, 0.29) is 22.5 Å². The van der Waals surface area contributed by atoms with Crippen LogP contribution >= 0.6 is 23.4 Å². The van der Waals surface area contributed by atoms with Crippen LogP contribution in [-0.4, -0.2) is 37.8 Å². The van der Waals surface area contributed by atoms with Crippen molar-refractivity contribution < 1.29 is 22.7 Å². The maximum atomic E-state index is 13.0. The molecule has 30 heavy (non-hydrogen) atoms. The average Bonchev–Trinajstić information content (AvgIpc) is 2.68. The van der Waals surface area contributed by atoms with Crippen molar-refractivity contribution in [2.45, 2.75) is 40.6 Å². The molecule has 1 aliphatic rings. The van der Waals surface area contributed by atoms with Crippen LogP contribution in [0.2, 0.25) is 5.02 Å². The fourth-order valence-corrected chi connectivity index (χ4v) is 5.42. The van der Waals surface area contributed by atoms with Gasteiger partial charge in [0.2, 0.25) is 11.8 Å². The second kappa shape index (κ2) is 8.87. The molecule has 3 rings (SSSR count). The molecule has 2 N–H and O–H groups in total. The van der Waals surface area contributed by atoms with Gasteiger partial charge in [0.25, 0.3) is 0 Å². The van der Waals surface area contributed by atoms with E-state index in [1.54, 1.807) is 25.1 Å². The maximum absolute atomic E-state index is 13.0.